The number of amides is 9. The van der Waals surface area contributed by atoms with Crippen LogP contribution < -0.4 is 48.7 Å². The molecule has 25 heteroatoms. The van der Waals surface area contributed by atoms with Gasteiger partial charge in [-0.15, -0.1) is 0 Å². The molecule has 9 amide bonds. The summed E-state index contributed by atoms with van der Waals surface area (Å²) in [6.45, 7) is 12.1. The van der Waals surface area contributed by atoms with Crippen molar-refractivity contribution in [3.63, 3.8) is 0 Å². The van der Waals surface area contributed by atoms with E-state index < -0.39 is 139 Å². The molecular formula is C41H70N10O13S2. The number of thioether (sulfide) groups is 1. The molecule has 23 nitrogen and oxygen atoms in total. The van der Waals surface area contributed by atoms with Gasteiger partial charge in [0.25, 0.3) is 0 Å². The molecule has 1 saturated heterocycles. The van der Waals surface area contributed by atoms with Crippen molar-refractivity contribution >= 4 is 76.1 Å². The molecule has 0 bridgehead atoms. The molecule has 1 rings (SSSR count). The van der Waals surface area contributed by atoms with Crippen LogP contribution in [-0.4, -0.2) is 164 Å². The molecule has 0 saturated carbocycles. The zero-order valence-electron chi connectivity index (χ0n) is 38.5. The van der Waals surface area contributed by atoms with Crippen LogP contribution in [0, 0.1) is 11.8 Å². The minimum absolute atomic E-state index is 0.0627. The van der Waals surface area contributed by atoms with Gasteiger partial charge < -0.3 is 73.5 Å². The first-order chi connectivity index (χ1) is 31.0. The van der Waals surface area contributed by atoms with Gasteiger partial charge in [-0.3, -0.25) is 43.2 Å². The molecule has 1 heterocycles. The lowest BCUT2D eigenvalue weighted by molar-refractivity contribution is -0.143. The second kappa shape index (κ2) is 30.4. The summed E-state index contributed by atoms with van der Waals surface area (Å²) in [5, 5.41) is 47.7. The van der Waals surface area contributed by atoms with Crippen LogP contribution in [0.5, 0.6) is 0 Å². The monoisotopic (exact) mass is 974 g/mol. The fourth-order valence-corrected chi connectivity index (χ4v) is 8.36. The molecule has 374 valence electrons. The van der Waals surface area contributed by atoms with E-state index in [2.05, 4.69) is 43.8 Å². The molecule has 0 aromatic rings. The van der Waals surface area contributed by atoms with Crippen LogP contribution in [0.4, 0.5) is 0 Å². The third-order valence-electron chi connectivity index (χ3n) is 10.5. The zero-order chi connectivity index (χ0) is 50.3. The smallest absolute Gasteiger partial charge is 0.248 e. The Bertz CT molecular complexity index is 1740. The number of nitrogens with one attached hydrogen (secondary N) is 7. The molecule has 66 heavy (non-hydrogen) atoms. The van der Waals surface area contributed by atoms with E-state index in [9.17, 15) is 63.0 Å². The number of β-amino-alcohol motifs (C(OH)–C–C–N with tert-alkyl or cyclic N) is 1. The number of carbonyl (C=O) groups excluding carboxylic acids is 9. The van der Waals surface area contributed by atoms with Gasteiger partial charge in [-0.05, 0) is 38.0 Å². The number of hydrogen-bond acceptors (Lipinski definition) is 15. The van der Waals surface area contributed by atoms with Gasteiger partial charge in [-0.25, -0.2) is 0 Å². The van der Waals surface area contributed by atoms with Crippen molar-refractivity contribution in [2.75, 3.05) is 43.5 Å². The summed E-state index contributed by atoms with van der Waals surface area (Å²) in [5.41, 5.74) is 11.5. The summed E-state index contributed by atoms with van der Waals surface area (Å²) in [6.07, 6.45) is 0.130. The molecule has 1 aliphatic rings. The van der Waals surface area contributed by atoms with Crippen molar-refractivity contribution in [1.29, 1.82) is 0 Å². The number of rotatable bonds is 31. The van der Waals surface area contributed by atoms with Gasteiger partial charge in [-0.1, -0.05) is 40.2 Å². The Balaban J connectivity index is 3.37. The zero-order valence-corrected chi connectivity index (χ0v) is 40.1. The average molecular weight is 975 g/mol. The van der Waals surface area contributed by atoms with E-state index in [0.717, 1.165) is 23.5 Å². The molecule has 0 aliphatic carbocycles. The lowest BCUT2D eigenvalue weighted by Gasteiger charge is -2.31. The quantitative estimate of drug-likeness (QED) is 0.0234. The first-order valence-electron chi connectivity index (χ1n) is 21.6. The summed E-state index contributed by atoms with van der Waals surface area (Å²) >= 11 is -0.500. The maximum atomic E-state index is 14.1. The van der Waals surface area contributed by atoms with Crippen molar-refractivity contribution < 1.29 is 63.0 Å². The Kier molecular flexibility index (Phi) is 27.2. The summed E-state index contributed by atoms with van der Waals surface area (Å²) in [6, 6.07) is -7.56. The van der Waals surface area contributed by atoms with Crippen LogP contribution in [0.3, 0.4) is 0 Å². The van der Waals surface area contributed by atoms with E-state index in [1.807, 2.05) is 13.0 Å². The topological polar surface area (TPSA) is 377 Å². The Morgan fingerprint density at radius 2 is 1.59 bits per heavy atom. The molecule has 0 aromatic carbocycles. The summed E-state index contributed by atoms with van der Waals surface area (Å²) in [7, 11) is 0. The third kappa shape index (κ3) is 21.1. The van der Waals surface area contributed by atoms with Crippen LogP contribution in [0.15, 0.2) is 23.4 Å². The number of allylic oxidation sites excluding steroid dienone is 1. The van der Waals surface area contributed by atoms with E-state index in [4.69, 9.17) is 11.5 Å². The van der Waals surface area contributed by atoms with Crippen molar-refractivity contribution in [2.45, 2.75) is 122 Å². The SMILES string of the molecule is C=C(N/C(C)=C\CSCCCCNC(C)=O)[S+]([O-])C[C@H](NC(=O)CNC(=O)[C@@H](NC(=O)CC)[C@@H](C)CC)C(=O)N[C@@H](CC(N)=O)C(=O)N1C[C@H](O)C[C@H]1C(=O)N[C@H](C(N)=O)[C@@H](C)[C@@H](O)CO. The predicted octanol–water partition coefficient (Wildman–Crippen LogP) is -3.83. The second-order valence-electron chi connectivity index (χ2n) is 16.0. The average Bonchev–Trinajstić information content (AvgIpc) is 3.66. The first-order valence-corrected chi connectivity index (χ1v) is 24.1. The van der Waals surface area contributed by atoms with Crippen LogP contribution in [0.25, 0.3) is 0 Å². The third-order valence-corrected chi connectivity index (χ3v) is 12.8. The lowest BCUT2D eigenvalue weighted by Crippen LogP contribution is -2.60. The highest BCUT2D eigenvalue weighted by molar-refractivity contribution is 7.99. The van der Waals surface area contributed by atoms with E-state index >= 15 is 0 Å². The number of unbranched alkanes of at least 4 members (excludes halogenated alkanes) is 1. The molecule has 0 spiro atoms. The van der Waals surface area contributed by atoms with Crippen LogP contribution >= 0.6 is 11.8 Å². The normalized spacial score (nSPS) is 18.5. The number of aliphatic hydroxyl groups excluding tert-OH is 3. The fraction of sp³-hybridized carbons (Fsp3) is 0.683. The number of carbonyl (C=O) groups is 9. The first kappa shape index (κ1) is 59.1. The molecule has 1 unspecified atom stereocenters. The molecule has 1 aliphatic heterocycles. The van der Waals surface area contributed by atoms with Gasteiger partial charge in [0.15, 0.2) is 6.04 Å². The Morgan fingerprint density at radius 3 is 2.17 bits per heavy atom. The van der Waals surface area contributed by atoms with Crippen molar-refractivity contribution in [2.24, 2.45) is 23.3 Å². The van der Waals surface area contributed by atoms with Gasteiger partial charge in [0.1, 0.15) is 29.9 Å². The Morgan fingerprint density at radius 1 is 0.924 bits per heavy atom. The lowest BCUT2D eigenvalue weighted by atomic mass is 9.95. The van der Waals surface area contributed by atoms with E-state index in [0.29, 0.717) is 24.4 Å². The van der Waals surface area contributed by atoms with Crippen molar-refractivity contribution in [1.82, 2.24) is 42.1 Å². The van der Waals surface area contributed by atoms with Crippen LogP contribution in [-0.2, 0) is 54.3 Å². The molecular weight excluding hydrogens is 905 g/mol. The summed E-state index contributed by atoms with van der Waals surface area (Å²) in [5.74, 6) is -8.18. The number of nitrogens with two attached hydrogens (primary N) is 2. The van der Waals surface area contributed by atoms with Gasteiger partial charge in [-0.2, -0.15) is 11.8 Å². The molecule has 1 fully saturated rings. The minimum atomic E-state index is -2.12. The van der Waals surface area contributed by atoms with Gasteiger partial charge >= 0.3 is 0 Å². The van der Waals surface area contributed by atoms with Crippen LogP contribution in [0.1, 0.15) is 80.1 Å². The van der Waals surface area contributed by atoms with Crippen molar-refractivity contribution in [3.05, 3.63) is 23.4 Å². The Labute approximate surface area is 392 Å². The van der Waals surface area contributed by atoms with E-state index in [-0.39, 0.29) is 29.7 Å². The number of aliphatic hydroxyl groups is 3. The maximum Gasteiger partial charge on any atom is 0.248 e. The van der Waals surface area contributed by atoms with Gasteiger partial charge in [0.2, 0.25) is 58.2 Å². The van der Waals surface area contributed by atoms with E-state index in [1.165, 1.54) is 13.8 Å². The Hall–Kier alpha value is -4.95. The number of primary amides is 2. The maximum absolute atomic E-state index is 14.1. The van der Waals surface area contributed by atoms with Crippen molar-refractivity contribution in [3.8, 4) is 0 Å². The number of nitrogens with zero attached hydrogens (tertiary/aromatic N) is 1. The molecule has 10 atom stereocenters. The standard InChI is InChI=1S/C41H70N10O13S2/c1-8-22(3)35(49-33(57)9-2)40(62)45-18-34(58)47-29(21-66(64)26(7)46-23(4)12-15-65-14-11-10-13-44-25(6)53)38(60)48-28(17-32(42)56)41(63)51-19-27(54)16-30(51)39(61)50-36(37(43)59)24(5)31(55)20-52/h12,22,24,27-31,35-36,46,52,54-55H,7-11,13-21H2,1-6H3,(H2,42,56)(H2,43,59)(H,44,53)(H,45,62)(H,47,58)(H,48,60)(H,49,57)(H,50,61)/b23-12-/t22-,24-,27+,28-,29-,30-,31-,35-,36-,66?/m0/s1. The highest BCUT2D eigenvalue weighted by Gasteiger charge is 2.44. The largest absolute Gasteiger partial charge is 0.610 e. The number of likely N-dealkylation sites (tertiary alicyclic amines) is 1. The van der Waals surface area contributed by atoms with Crippen LogP contribution in [0.2, 0.25) is 0 Å². The molecule has 0 radical (unpaired) electrons. The predicted molar refractivity (Wildman–Crippen MR) is 246 cm³/mol. The minimum Gasteiger partial charge on any atom is -0.610 e. The van der Waals surface area contributed by atoms with Gasteiger partial charge in [0.05, 0.1) is 31.8 Å². The second-order valence-corrected chi connectivity index (χ2v) is 18.6. The van der Waals surface area contributed by atoms with Gasteiger partial charge in [0, 0.05) is 61.4 Å². The fourth-order valence-electron chi connectivity index (χ4n) is 6.40. The van der Waals surface area contributed by atoms with E-state index in [1.54, 1.807) is 32.5 Å². The highest BCUT2D eigenvalue weighted by atomic mass is 32.2. The molecule has 14 N–H and O–H groups in total. The highest BCUT2D eigenvalue weighted by Crippen LogP contribution is 2.22. The summed E-state index contributed by atoms with van der Waals surface area (Å²) in [4.78, 5) is 117. The summed E-state index contributed by atoms with van der Waals surface area (Å²) < 4.78 is 13.7. The number of hydrogen-bond donors (Lipinski definition) is 12. The molecule has 0 aromatic heterocycles.